The van der Waals surface area contributed by atoms with E-state index in [0.717, 1.165) is 5.56 Å². The summed E-state index contributed by atoms with van der Waals surface area (Å²) < 4.78 is 10.5. The number of thiazole rings is 1. The zero-order valence-corrected chi connectivity index (χ0v) is 16.4. The second-order valence-electron chi connectivity index (χ2n) is 5.78. The molecule has 9 heteroatoms. The molecule has 3 aromatic rings. The number of rotatable bonds is 7. The van der Waals surface area contributed by atoms with E-state index >= 15 is 0 Å². The van der Waals surface area contributed by atoms with Crippen LogP contribution in [0.15, 0.2) is 53.9 Å². The van der Waals surface area contributed by atoms with Crippen molar-refractivity contribution in [2.24, 2.45) is 0 Å². The van der Waals surface area contributed by atoms with Crippen LogP contribution in [-0.2, 0) is 4.79 Å². The van der Waals surface area contributed by atoms with Gasteiger partial charge in [-0.3, -0.25) is 20.2 Å². The summed E-state index contributed by atoms with van der Waals surface area (Å²) in [5.41, 5.74) is 2.03. The molecule has 0 aliphatic carbocycles. The molecule has 1 amide bonds. The van der Waals surface area contributed by atoms with Gasteiger partial charge < -0.3 is 9.47 Å². The molecule has 1 heterocycles. The Kier molecular flexibility index (Phi) is 6.20. The average Bonchev–Trinajstić information content (AvgIpc) is 3.20. The van der Waals surface area contributed by atoms with Crippen molar-refractivity contribution < 1.29 is 19.2 Å². The molecule has 0 saturated heterocycles. The number of nitrogens with zero attached hydrogens (tertiary/aromatic N) is 2. The highest BCUT2D eigenvalue weighted by Crippen LogP contribution is 2.33. The smallest absolute Gasteiger partial charge is 0.270 e. The fraction of sp³-hybridized carbons (Fsp3) is 0.100. The number of carbonyl (C=O) groups is 1. The molecule has 0 unspecified atom stereocenters. The second kappa shape index (κ2) is 8.98. The maximum Gasteiger partial charge on any atom is 0.270 e. The Morgan fingerprint density at radius 1 is 1.17 bits per heavy atom. The molecule has 3 rings (SSSR count). The number of amides is 1. The molecule has 1 N–H and O–H groups in total. The molecular weight excluding hydrogens is 394 g/mol. The van der Waals surface area contributed by atoms with E-state index in [-0.39, 0.29) is 11.6 Å². The highest BCUT2D eigenvalue weighted by atomic mass is 32.1. The van der Waals surface area contributed by atoms with Crippen LogP contribution in [0.1, 0.15) is 5.56 Å². The quantitative estimate of drug-likeness (QED) is 0.351. The first-order valence-electron chi connectivity index (χ1n) is 8.41. The van der Waals surface area contributed by atoms with Crippen molar-refractivity contribution >= 4 is 34.1 Å². The van der Waals surface area contributed by atoms with Crippen molar-refractivity contribution in [3.63, 3.8) is 0 Å². The molecule has 0 fully saturated rings. The van der Waals surface area contributed by atoms with Crippen molar-refractivity contribution in [1.29, 1.82) is 0 Å². The van der Waals surface area contributed by atoms with Crippen LogP contribution in [-0.4, -0.2) is 30.0 Å². The Hall–Kier alpha value is -3.72. The standard InChI is InChI=1S/C20H17N3O5S/c1-27-17-8-7-14(11-18(17)28-2)16-12-29-20(21-16)22-19(24)9-6-13-4-3-5-15(10-13)23(25)26/h3-12H,1-2H3,(H,21,22,24)/b9-6+. The van der Waals surface area contributed by atoms with E-state index < -0.39 is 4.92 Å². The first kappa shape index (κ1) is 20.0. The average molecular weight is 411 g/mol. The van der Waals surface area contributed by atoms with Crippen LogP contribution in [0.5, 0.6) is 11.5 Å². The Morgan fingerprint density at radius 2 is 1.97 bits per heavy atom. The maximum atomic E-state index is 12.1. The van der Waals surface area contributed by atoms with Gasteiger partial charge in [0.05, 0.1) is 24.8 Å². The topological polar surface area (TPSA) is 104 Å². The van der Waals surface area contributed by atoms with Gasteiger partial charge in [0.2, 0.25) is 5.91 Å². The lowest BCUT2D eigenvalue weighted by Gasteiger charge is -2.08. The largest absolute Gasteiger partial charge is 0.493 e. The van der Waals surface area contributed by atoms with Gasteiger partial charge in [-0.05, 0) is 29.8 Å². The van der Waals surface area contributed by atoms with E-state index in [1.807, 2.05) is 17.5 Å². The van der Waals surface area contributed by atoms with E-state index in [2.05, 4.69) is 10.3 Å². The lowest BCUT2D eigenvalue weighted by atomic mass is 10.1. The number of nitro groups is 1. The number of non-ortho nitro benzene ring substituents is 1. The molecule has 29 heavy (non-hydrogen) atoms. The molecule has 0 spiro atoms. The number of anilines is 1. The molecule has 1 aromatic heterocycles. The fourth-order valence-corrected chi connectivity index (χ4v) is 3.24. The predicted octanol–water partition coefficient (Wildman–Crippen LogP) is 4.39. The van der Waals surface area contributed by atoms with Gasteiger partial charge in [0, 0.05) is 29.2 Å². The first-order valence-corrected chi connectivity index (χ1v) is 9.29. The number of methoxy groups -OCH3 is 2. The number of nitro benzene ring substituents is 1. The molecule has 148 valence electrons. The van der Waals surface area contributed by atoms with E-state index in [1.165, 1.54) is 35.6 Å². The van der Waals surface area contributed by atoms with Gasteiger partial charge in [-0.25, -0.2) is 4.98 Å². The molecule has 2 aromatic carbocycles. The van der Waals surface area contributed by atoms with Crippen LogP contribution in [0.2, 0.25) is 0 Å². The first-order chi connectivity index (χ1) is 14.0. The molecule has 0 aliphatic heterocycles. The molecular formula is C20H17N3O5S. The van der Waals surface area contributed by atoms with Gasteiger partial charge in [-0.1, -0.05) is 12.1 Å². The second-order valence-corrected chi connectivity index (χ2v) is 6.64. The molecule has 0 bridgehead atoms. The van der Waals surface area contributed by atoms with E-state index in [0.29, 0.717) is 27.9 Å². The van der Waals surface area contributed by atoms with Gasteiger partial charge in [0.25, 0.3) is 5.69 Å². The highest BCUT2D eigenvalue weighted by molar-refractivity contribution is 7.14. The monoisotopic (exact) mass is 411 g/mol. The van der Waals surface area contributed by atoms with Crippen LogP contribution in [0.3, 0.4) is 0 Å². The number of benzene rings is 2. The summed E-state index contributed by atoms with van der Waals surface area (Å²) in [6, 6.07) is 11.5. The van der Waals surface area contributed by atoms with Crippen molar-refractivity contribution in [1.82, 2.24) is 4.98 Å². The van der Waals surface area contributed by atoms with Crippen LogP contribution in [0.25, 0.3) is 17.3 Å². The van der Waals surface area contributed by atoms with Gasteiger partial charge >= 0.3 is 0 Å². The lowest BCUT2D eigenvalue weighted by Crippen LogP contribution is -2.07. The molecule has 0 atom stereocenters. The van der Waals surface area contributed by atoms with Crippen molar-refractivity contribution in [3.05, 3.63) is 69.6 Å². The third kappa shape index (κ3) is 4.96. The summed E-state index contributed by atoms with van der Waals surface area (Å²) in [7, 11) is 3.12. The lowest BCUT2D eigenvalue weighted by molar-refractivity contribution is -0.384. The van der Waals surface area contributed by atoms with E-state index in [1.54, 1.807) is 32.4 Å². The molecule has 0 radical (unpaired) electrons. The van der Waals surface area contributed by atoms with Crippen molar-refractivity contribution in [2.75, 3.05) is 19.5 Å². The van der Waals surface area contributed by atoms with Gasteiger partial charge in [-0.2, -0.15) is 0 Å². The number of nitrogens with one attached hydrogen (secondary N) is 1. The number of ether oxygens (including phenoxy) is 2. The molecule has 0 saturated carbocycles. The maximum absolute atomic E-state index is 12.1. The summed E-state index contributed by atoms with van der Waals surface area (Å²) in [4.78, 5) is 26.9. The van der Waals surface area contributed by atoms with Crippen LogP contribution in [0, 0.1) is 10.1 Å². The summed E-state index contributed by atoms with van der Waals surface area (Å²) in [5.74, 6) is 0.819. The third-order valence-electron chi connectivity index (χ3n) is 3.92. The summed E-state index contributed by atoms with van der Waals surface area (Å²) in [6.07, 6.45) is 2.81. The minimum absolute atomic E-state index is 0.0351. The highest BCUT2D eigenvalue weighted by Gasteiger charge is 2.10. The van der Waals surface area contributed by atoms with Crippen LogP contribution < -0.4 is 14.8 Å². The fourth-order valence-electron chi connectivity index (χ4n) is 2.52. The Bertz CT molecular complexity index is 1080. The predicted molar refractivity (Wildman–Crippen MR) is 111 cm³/mol. The van der Waals surface area contributed by atoms with E-state index in [4.69, 9.17) is 9.47 Å². The number of aromatic nitrogens is 1. The van der Waals surface area contributed by atoms with Crippen molar-refractivity contribution in [2.45, 2.75) is 0 Å². The van der Waals surface area contributed by atoms with Gasteiger partial charge in [0.15, 0.2) is 16.6 Å². The normalized spacial score (nSPS) is 10.7. The number of carbonyl (C=O) groups excluding carboxylic acids is 1. The third-order valence-corrected chi connectivity index (χ3v) is 4.68. The zero-order valence-electron chi connectivity index (χ0n) is 15.6. The van der Waals surface area contributed by atoms with E-state index in [9.17, 15) is 14.9 Å². The Morgan fingerprint density at radius 3 is 2.69 bits per heavy atom. The SMILES string of the molecule is COc1ccc(-c2csc(NC(=O)/C=C/c3cccc([N+](=O)[O-])c3)n2)cc1OC. The molecule has 0 aliphatic rings. The van der Waals surface area contributed by atoms with Crippen molar-refractivity contribution in [3.8, 4) is 22.8 Å². The minimum Gasteiger partial charge on any atom is -0.493 e. The Balaban J connectivity index is 1.69. The van der Waals surface area contributed by atoms with Gasteiger partial charge in [0.1, 0.15) is 0 Å². The zero-order chi connectivity index (χ0) is 20.8. The van der Waals surface area contributed by atoms with Gasteiger partial charge in [-0.15, -0.1) is 11.3 Å². The number of hydrogen-bond acceptors (Lipinski definition) is 7. The minimum atomic E-state index is -0.483. The summed E-state index contributed by atoms with van der Waals surface area (Å²) in [6.45, 7) is 0. The molecule has 8 nitrogen and oxygen atoms in total. The summed E-state index contributed by atoms with van der Waals surface area (Å²) >= 11 is 1.29. The number of hydrogen-bond donors (Lipinski definition) is 1. The summed E-state index contributed by atoms with van der Waals surface area (Å²) in [5, 5.41) is 15.7. The van der Waals surface area contributed by atoms with Crippen LogP contribution >= 0.6 is 11.3 Å². The van der Waals surface area contributed by atoms with Crippen LogP contribution in [0.4, 0.5) is 10.8 Å². The Labute approximate surface area is 170 Å².